The van der Waals surface area contributed by atoms with E-state index in [-0.39, 0.29) is 24.8 Å². The molecule has 0 unspecified atom stereocenters. The van der Waals surface area contributed by atoms with Gasteiger partial charge in [0.25, 0.3) is 0 Å². The number of esters is 1. The molecule has 1 aliphatic heterocycles. The van der Waals surface area contributed by atoms with Crippen LogP contribution in [0.3, 0.4) is 0 Å². The molecule has 1 saturated heterocycles. The molecule has 0 aromatic carbocycles. The summed E-state index contributed by atoms with van der Waals surface area (Å²) < 4.78 is 9.77. The van der Waals surface area contributed by atoms with E-state index >= 15 is 0 Å². The van der Waals surface area contributed by atoms with E-state index in [0.717, 1.165) is 0 Å². The van der Waals surface area contributed by atoms with Crippen LogP contribution in [-0.4, -0.2) is 59.8 Å². The minimum Gasteiger partial charge on any atom is -0.469 e. The molecule has 1 aliphatic rings. The second-order valence-corrected chi connectivity index (χ2v) is 6.58. The van der Waals surface area contributed by atoms with Crippen LogP contribution in [-0.2, 0) is 19.1 Å². The molecule has 7 nitrogen and oxygen atoms in total. The van der Waals surface area contributed by atoms with Crippen LogP contribution >= 0.6 is 11.8 Å². The van der Waals surface area contributed by atoms with E-state index < -0.39 is 17.7 Å². The Labute approximate surface area is 128 Å². The van der Waals surface area contributed by atoms with Crippen LogP contribution in [0.15, 0.2) is 0 Å². The third-order valence-corrected chi connectivity index (χ3v) is 3.68. The first-order valence-corrected chi connectivity index (χ1v) is 7.82. The van der Waals surface area contributed by atoms with Gasteiger partial charge in [-0.25, -0.2) is 4.79 Å². The number of nitrogens with zero attached hydrogens (tertiary/aromatic N) is 1. The number of thioether (sulfide) groups is 1. The van der Waals surface area contributed by atoms with Gasteiger partial charge in [0, 0.05) is 12.3 Å². The maximum Gasteiger partial charge on any atom is 0.411 e. The molecule has 2 amide bonds. The van der Waals surface area contributed by atoms with Gasteiger partial charge in [-0.3, -0.25) is 14.5 Å². The minimum absolute atomic E-state index is 0.106. The predicted octanol–water partition coefficient (Wildman–Crippen LogP) is 0.976. The van der Waals surface area contributed by atoms with Gasteiger partial charge in [0.2, 0.25) is 5.91 Å². The molecule has 0 bridgehead atoms. The molecule has 1 N–H and O–H groups in total. The Balaban J connectivity index is 2.50. The molecule has 0 spiro atoms. The van der Waals surface area contributed by atoms with Crippen molar-refractivity contribution in [1.82, 2.24) is 10.2 Å². The molecule has 1 heterocycles. The average molecular weight is 318 g/mol. The van der Waals surface area contributed by atoms with E-state index in [1.807, 2.05) is 0 Å². The van der Waals surface area contributed by atoms with Gasteiger partial charge in [0.05, 0.1) is 19.4 Å². The zero-order chi connectivity index (χ0) is 16.0. The Kier molecular flexibility index (Phi) is 6.32. The summed E-state index contributed by atoms with van der Waals surface area (Å²) in [7, 11) is 1.29. The second kappa shape index (κ2) is 7.53. The SMILES string of the molecule is COC(=O)CCNC(=O)[C@H]1CSCN1C(=O)OC(C)(C)C. The zero-order valence-electron chi connectivity index (χ0n) is 12.8. The monoisotopic (exact) mass is 318 g/mol. The Morgan fingerprint density at radius 1 is 1.33 bits per heavy atom. The number of methoxy groups -OCH3 is 1. The van der Waals surface area contributed by atoms with Gasteiger partial charge >= 0.3 is 12.1 Å². The van der Waals surface area contributed by atoms with Gasteiger partial charge in [-0.2, -0.15) is 0 Å². The minimum atomic E-state index is -0.601. The number of amides is 2. The summed E-state index contributed by atoms with van der Waals surface area (Å²) in [6, 6.07) is -0.567. The van der Waals surface area contributed by atoms with Crippen molar-refractivity contribution in [2.75, 3.05) is 25.3 Å². The van der Waals surface area contributed by atoms with Crippen LogP contribution in [0.1, 0.15) is 27.2 Å². The first-order valence-electron chi connectivity index (χ1n) is 6.66. The van der Waals surface area contributed by atoms with E-state index in [1.54, 1.807) is 20.8 Å². The summed E-state index contributed by atoms with van der Waals surface area (Å²) >= 11 is 1.49. The molecule has 1 atom stereocenters. The van der Waals surface area contributed by atoms with Crippen LogP contribution in [0, 0.1) is 0 Å². The standard InChI is InChI=1S/C13H22N2O5S/c1-13(2,3)20-12(18)15-8-21-7-9(15)11(17)14-6-5-10(16)19-4/h9H,5-8H2,1-4H3,(H,14,17)/t9-/m1/s1. The highest BCUT2D eigenvalue weighted by Gasteiger charge is 2.36. The van der Waals surface area contributed by atoms with Gasteiger partial charge in [-0.1, -0.05) is 0 Å². The average Bonchev–Trinajstić information content (AvgIpc) is 2.85. The Morgan fingerprint density at radius 2 is 2.00 bits per heavy atom. The lowest BCUT2D eigenvalue weighted by Gasteiger charge is -2.27. The zero-order valence-corrected chi connectivity index (χ0v) is 13.6. The number of rotatable bonds is 4. The molecule has 0 aromatic heterocycles. The molecular formula is C13H22N2O5S. The molecule has 8 heteroatoms. The fraction of sp³-hybridized carbons (Fsp3) is 0.769. The molecule has 0 saturated carbocycles. The highest BCUT2D eigenvalue weighted by molar-refractivity contribution is 7.99. The fourth-order valence-electron chi connectivity index (χ4n) is 1.67. The topological polar surface area (TPSA) is 84.9 Å². The van der Waals surface area contributed by atoms with Crippen molar-refractivity contribution in [2.24, 2.45) is 0 Å². The summed E-state index contributed by atoms with van der Waals surface area (Å²) in [5.41, 5.74) is -0.601. The lowest BCUT2D eigenvalue weighted by Crippen LogP contribution is -2.49. The molecule has 1 rings (SSSR count). The first kappa shape index (κ1) is 17.6. The van der Waals surface area contributed by atoms with Crippen LogP contribution in [0.5, 0.6) is 0 Å². The first-order chi connectivity index (χ1) is 9.74. The normalized spacial score (nSPS) is 18.3. The maximum atomic E-state index is 12.1. The highest BCUT2D eigenvalue weighted by Crippen LogP contribution is 2.23. The molecule has 0 radical (unpaired) electrons. The van der Waals surface area contributed by atoms with Crippen LogP contribution < -0.4 is 5.32 Å². The number of carbonyl (C=O) groups excluding carboxylic acids is 3. The van der Waals surface area contributed by atoms with Crippen molar-refractivity contribution >= 4 is 29.7 Å². The van der Waals surface area contributed by atoms with E-state index in [2.05, 4.69) is 10.1 Å². The Morgan fingerprint density at radius 3 is 2.57 bits per heavy atom. The van der Waals surface area contributed by atoms with Crippen LogP contribution in [0.25, 0.3) is 0 Å². The van der Waals surface area contributed by atoms with Crippen molar-refractivity contribution in [1.29, 1.82) is 0 Å². The highest BCUT2D eigenvalue weighted by atomic mass is 32.2. The number of nitrogens with one attached hydrogen (secondary N) is 1. The third kappa shape index (κ3) is 5.82. The summed E-state index contributed by atoms with van der Waals surface area (Å²) in [6.07, 6.45) is -0.394. The molecule has 21 heavy (non-hydrogen) atoms. The van der Waals surface area contributed by atoms with Gasteiger partial charge in [0.1, 0.15) is 11.6 Å². The van der Waals surface area contributed by atoms with Crippen LogP contribution in [0.4, 0.5) is 4.79 Å². The Hall–Kier alpha value is -1.44. The van der Waals surface area contributed by atoms with E-state index in [0.29, 0.717) is 11.6 Å². The largest absolute Gasteiger partial charge is 0.469 e. The molecular weight excluding hydrogens is 296 g/mol. The van der Waals surface area contributed by atoms with Crippen molar-refractivity contribution in [2.45, 2.75) is 38.8 Å². The van der Waals surface area contributed by atoms with Gasteiger partial charge in [-0.15, -0.1) is 11.8 Å². The quantitative estimate of drug-likeness (QED) is 0.778. The van der Waals surface area contributed by atoms with Gasteiger partial charge in [0.15, 0.2) is 0 Å². The van der Waals surface area contributed by atoms with E-state index in [4.69, 9.17) is 4.74 Å². The smallest absolute Gasteiger partial charge is 0.411 e. The van der Waals surface area contributed by atoms with Crippen molar-refractivity contribution in [3.05, 3.63) is 0 Å². The number of hydrogen-bond donors (Lipinski definition) is 1. The Bertz CT molecular complexity index is 408. The van der Waals surface area contributed by atoms with Crippen molar-refractivity contribution in [3.8, 4) is 0 Å². The number of carbonyl (C=O) groups is 3. The third-order valence-electron chi connectivity index (χ3n) is 2.67. The lowest BCUT2D eigenvalue weighted by atomic mass is 10.2. The fourth-order valence-corrected chi connectivity index (χ4v) is 2.81. The summed E-state index contributed by atoms with van der Waals surface area (Å²) in [6.45, 7) is 5.52. The van der Waals surface area contributed by atoms with Gasteiger partial charge < -0.3 is 14.8 Å². The van der Waals surface area contributed by atoms with Crippen LogP contribution in [0.2, 0.25) is 0 Å². The predicted molar refractivity (Wildman–Crippen MR) is 78.8 cm³/mol. The number of ether oxygens (including phenoxy) is 2. The summed E-state index contributed by atoms with van der Waals surface area (Å²) in [5, 5.41) is 2.63. The van der Waals surface area contributed by atoms with E-state index in [9.17, 15) is 14.4 Å². The molecule has 0 aromatic rings. The molecule has 0 aliphatic carbocycles. The molecule has 1 fully saturated rings. The number of hydrogen-bond acceptors (Lipinski definition) is 6. The lowest BCUT2D eigenvalue weighted by molar-refractivity contribution is -0.140. The van der Waals surface area contributed by atoms with Crippen molar-refractivity contribution in [3.63, 3.8) is 0 Å². The molecule has 120 valence electrons. The van der Waals surface area contributed by atoms with Crippen molar-refractivity contribution < 1.29 is 23.9 Å². The summed E-state index contributed by atoms with van der Waals surface area (Å²) in [5.74, 6) is 0.266. The second-order valence-electron chi connectivity index (χ2n) is 5.58. The van der Waals surface area contributed by atoms with E-state index in [1.165, 1.54) is 23.8 Å². The van der Waals surface area contributed by atoms with Gasteiger partial charge in [-0.05, 0) is 20.8 Å². The summed E-state index contributed by atoms with van der Waals surface area (Å²) in [4.78, 5) is 36.5. The maximum absolute atomic E-state index is 12.1.